The third-order valence-electron chi connectivity index (χ3n) is 5.78. The summed E-state index contributed by atoms with van der Waals surface area (Å²) < 4.78 is 25.1. The van der Waals surface area contributed by atoms with Gasteiger partial charge in [-0.25, -0.2) is 4.39 Å². The Hall–Kier alpha value is -3.98. The lowest BCUT2D eigenvalue weighted by atomic mass is 10.1. The summed E-state index contributed by atoms with van der Waals surface area (Å²) in [6.45, 7) is 2.45. The lowest BCUT2D eigenvalue weighted by Crippen LogP contribution is -2.37. The number of methoxy groups -OCH3 is 1. The second-order valence-corrected chi connectivity index (χ2v) is 8.46. The molecular formula is C27H26FN3O4S. The maximum Gasteiger partial charge on any atom is 0.256 e. The third kappa shape index (κ3) is 5.46. The number of halogens is 1. The van der Waals surface area contributed by atoms with Crippen LogP contribution >= 0.6 is 12.2 Å². The number of benzene rings is 3. The number of carbonyl (C=O) groups excluding carboxylic acids is 2. The maximum absolute atomic E-state index is 14.5. The molecule has 0 bridgehead atoms. The molecule has 1 fully saturated rings. The number of thiocarbonyl (C=S) groups is 1. The van der Waals surface area contributed by atoms with Crippen molar-refractivity contribution in [3.05, 3.63) is 84.2 Å². The van der Waals surface area contributed by atoms with Gasteiger partial charge < -0.3 is 19.7 Å². The standard InChI is InChI=1S/C27H26FN3O4S/c1-3-35-22-14-10-20(11-15-22)31-26(33)24(16-25(32)29-19-8-12-21(34-2)13-9-19)30(27(31)36)17-18-6-4-5-7-23(18)28/h4-15,24H,3,16-17H2,1-2H3,(H,29,32)/t24-/m1/s1. The minimum atomic E-state index is -0.901. The van der Waals surface area contributed by atoms with Crippen LogP contribution < -0.4 is 19.7 Å². The highest BCUT2D eigenvalue weighted by Crippen LogP contribution is 2.30. The van der Waals surface area contributed by atoms with Gasteiger partial charge in [0.05, 0.1) is 25.8 Å². The SMILES string of the molecule is CCOc1ccc(N2C(=O)[C@@H](CC(=O)Nc3ccc(OC)cc3)N(Cc3ccccc3F)C2=S)cc1. The lowest BCUT2D eigenvalue weighted by Gasteiger charge is -2.24. The molecule has 1 aliphatic heterocycles. The van der Waals surface area contributed by atoms with Gasteiger partial charge in [0.2, 0.25) is 5.91 Å². The molecule has 1 heterocycles. The van der Waals surface area contributed by atoms with E-state index in [4.69, 9.17) is 21.7 Å². The largest absolute Gasteiger partial charge is 0.497 e. The van der Waals surface area contributed by atoms with Crippen molar-refractivity contribution in [2.75, 3.05) is 23.9 Å². The Morgan fingerprint density at radius 2 is 1.69 bits per heavy atom. The molecule has 0 aliphatic carbocycles. The third-order valence-corrected chi connectivity index (χ3v) is 6.19. The van der Waals surface area contributed by atoms with Gasteiger partial charge >= 0.3 is 0 Å². The molecule has 3 aromatic carbocycles. The van der Waals surface area contributed by atoms with E-state index in [-0.39, 0.29) is 29.9 Å². The van der Waals surface area contributed by atoms with Crippen LogP contribution in [0.1, 0.15) is 18.9 Å². The van der Waals surface area contributed by atoms with E-state index in [9.17, 15) is 14.0 Å². The van der Waals surface area contributed by atoms with Gasteiger partial charge in [-0.2, -0.15) is 0 Å². The van der Waals surface area contributed by atoms with E-state index >= 15 is 0 Å². The average Bonchev–Trinajstić information content (AvgIpc) is 3.10. The molecule has 1 N–H and O–H groups in total. The number of nitrogens with zero attached hydrogens (tertiary/aromatic N) is 2. The Kier molecular flexibility index (Phi) is 7.80. The summed E-state index contributed by atoms with van der Waals surface area (Å²) in [4.78, 5) is 29.5. The summed E-state index contributed by atoms with van der Waals surface area (Å²) in [6, 6.07) is 19.2. The highest BCUT2D eigenvalue weighted by Gasteiger charge is 2.44. The number of hydrogen-bond donors (Lipinski definition) is 1. The molecule has 2 amide bonds. The summed E-state index contributed by atoms with van der Waals surface area (Å²) in [5.41, 5.74) is 1.49. The van der Waals surface area contributed by atoms with Crippen LogP contribution in [0.25, 0.3) is 0 Å². The Bertz CT molecular complexity index is 1250. The maximum atomic E-state index is 14.5. The Morgan fingerprint density at radius 1 is 1.03 bits per heavy atom. The Labute approximate surface area is 214 Å². The summed E-state index contributed by atoms with van der Waals surface area (Å²) >= 11 is 5.67. The van der Waals surface area contributed by atoms with Gasteiger partial charge in [-0.1, -0.05) is 18.2 Å². The van der Waals surface area contributed by atoms with Crippen molar-refractivity contribution >= 4 is 40.5 Å². The minimum Gasteiger partial charge on any atom is -0.497 e. The van der Waals surface area contributed by atoms with E-state index in [1.807, 2.05) is 6.92 Å². The highest BCUT2D eigenvalue weighted by atomic mass is 32.1. The van der Waals surface area contributed by atoms with Crippen LogP contribution in [-0.4, -0.2) is 41.6 Å². The van der Waals surface area contributed by atoms with E-state index in [1.165, 1.54) is 11.0 Å². The van der Waals surface area contributed by atoms with Gasteiger partial charge in [0.1, 0.15) is 23.4 Å². The number of ether oxygens (including phenoxy) is 2. The first-order chi connectivity index (χ1) is 17.4. The van der Waals surface area contributed by atoms with Gasteiger partial charge in [0, 0.05) is 17.8 Å². The van der Waals surface area contributed by atoms with Crippen molar-refractivity contribution in [2.45, 2.75) is 25.9 Å². The summed E-state index contributed by atoms with van der Waals surface area (Å²) in [5, 5.41) is 3.01. The Balaban J connectivity index is 1.59. The van der Waals surface area contributed by atoms with Crippen LogP contribution in [0.3, 0.4) is 0 Å². The molecule has 1 aliphatic rings. The van der Waals surface area contributed by atoms with E-state index in [0.29, 0.717) is 35.0 Å². The number of carbonyl (C=O) groups is 2. The van der Waals surface area contributed by atoms with Crippen LogP contribution in [0.2, 0.25) is 0 Å². The summed E-state index contributed by atoms with van der Waals surface area (Å²) in [6.07, 6.45) is -0.160. The lowest BCUT2D eigenvalue weighted by molar-refractivity contribution is -0.124. The van der Waals surface area contributed by atoms with Gasteiger partial charge in [-0.3, -0.25) is 14.5 Å². The molecule has 0 aromatic heterocycles. The van der Waals surface area contributed by atoms with Crippen molar-refractivity contribution in [3.8, 4) is 11.5 Å². The fourth-order valence-electron chi connectivity index (χ4n) is 3.98. The van der Waals surface area contributed by atoms with Crippen LogP contribution in [0.15, 0.2) is 72.8 Å². The highest BCUT2D eigenvalue weighted by molar-refractivity contribution is 7.80. The quantitative estimate of drug-likeness (QED) is 0.421. The molecule has 7 nitrogen and oxygen atoms in total. The molecule has 1 atom stereocenters. The first-order valence-electron chi connectivity index (χ1n) is 11.5. The molecule has 0 unspecified atom stereocenters. The molecule has 4 rings (SSSR count). The predicted octanol–water partition coefficient (Wildman–Crippen LogP) is 4.76. The number of hydrogen-bond acceptors (Lipinski definition) is 5. The molecule has 186 valence electrons. The molecule has 3 aromatic rings. The van der Waals surface area contributed by atoms with Crippen LogP contribution in [-0.2, 0) is 16.1 Å². The molecule has 1 saturated heterocycles. The Morgan fingerprint density at radius 3 is 2.33 bits per heavy atom. The van der Waals surface area contributed by atoms with Crippen molar-refractivity contribution < 1.29 is 23.5 Å². The van der Waals surface area contributed by atoms with E-state index in [1.54, 1.807) is 78.7 Å². The number of anilines is 2. The number of amides is 2. The van der Waals surface area contributed by atoms with Crippen molar-refractivity contribution in [3.63, 3.8) is 0 Å². The summed E-state index contributed by atoms with van der Waals surface area (Å²) in [5.74, 6) is 0.191. The van der Waals surface area contributed by atoms with Crippen molar-refractivity contribution in [1.29, 1.82) is 0 Å². The number of rotatable bonds is 9. The molecule has 0 spiro atoms. The van der Waals surface area contributed by atoms with Crippen LogP contribution in [0.4, 0.5) is 15.8 Å². The molecule has 9 heteroatoms. The molecule has 36 heavy (non-hydrogen) atoms. The smallest absolute Gasteiger partial charge is 0.256 e. The first kappa shape index (κ1) is 25.1. The van der Waals surface area contributed by atoms with Gasteiger partial charge in [0.25, 0.3) is 5.91 Å². The zero-order valence-corrected chi connectivity index (χ0v) is 20.8. The van der Waals surface area contributed by atoms with E-state index in [2.05, 4.69) is 5.32 Å². The van der Waals surface area contributed by atoms with Gasteiger partial charge in [0.15, 0.2) is 5.11 Å². The second-order valence-electron chi connectivity index (χ2n) is 8.10. The first-order valence-corrected chi connectivity index (χ1v) is 11.9. The predicted molar refractivity (Wildman–Crippen MR) is 140 cm³/mol. The fourth-order valence-corrected chi connectivity index (χ4v) is 4.37. The van der Waals surface area contributed by atoms with Crippen LogP contribution in [0, 0.1) is 5.82 Å². The van der Waals surface area contributed by atoms with E-state index in [0.717, 1.165) is 0 Å². The molecular weight excluding hydrogens is 481 g/mol. The second kappa shape index (κ2) is 11.2. The van der Waals surface area contributed by atoms with E-state index < -0.39 is 11.9 Å². The molecule has 0 radical (unpaired) electrons. The van der Waals surface area contributed by atoms with Crippen molar-refractivity contribution in [2.24, 2.45) is 0 Å². The normalized spacial score (nSPS) is 15.2. The monoisotopic (exact) mass is 507 g/mol. The molecule has 0 saturated carbocycles. The van der Waals surface area contributed by atoms with Crippen molar-refractivity contribution in [1.82, 2.24) is 4.90 Å². The minimum absolute atomic E-state index is 0.0469. The zero-order chi connectivity index (χ0) is 25.7. The van der Waals surface area contributed by atoms with Crippen LogP contribution in [0.5, 0.6) is 11.5 Å². The number of nitrogens with one attached hydrogen (secondary N) is 1. The van der Waals surface area contributed by atoms with Gasteiger partial charge in [-0.05, 0) is 73.7 Å². The summed E-state index contributed by atoms with van der Waals surface area (Å²) in [7, 11) is 1.56. The zero-order valence-electron chi connectivity index (χ0n) is 19.9. The average molecular weight is 508 g/mol. The topological polar surface area (TPSA) is 71.1 Å². The van der Waals surface area contributed by atoms with Gasteiger partial charge in [-0.15, -0.1) is 0 Å². The fraction of sp³-hybridized carbons (Fsp3) is 0.222.